The van der Waals surface area contributed by atoms with E-state index >= 15 is 0 Å². The molecule has 2 aromatic heterocycles. The Morgan fingerprint density at radius 1 is 1.12 bits per heavy atom. The van der Waals surface area contributed by atoms with Crippen LogP contribution in [0, 0.1) is 6.92 Å². The van der Waals surface area contributed by atoms with Crippen molar-refractivity contribution in [1.29, 1.82) is 0 Å². The molecule has 0 fully saturated rings. The Kier molecular flexibility index (Phi) is 5.28. The lowest BCUT2D eigenvalue weighted by Crippen LogP contribution is -2.24. The molecular formula is C20H24ClN3O. The summed E-state index contributed by atoms with van der Waals surface area (Å²) in [5.41, 5.74) is 3.69. The van der Waals surface area contributed by atoms with Gasteiger partial charge in [-0.05, 0) is 31.9 Å². The molecule has 0 atom stereocenters. The summed E-state index contributed by atoms with van der Waals surface area (Å²) in [4.78, 5) is 17.6. The molecule has 25 heavy (non-hydrogen) atoms. The number of rotatable bonds is 6. The minimum Gasteiger partial charge on any atom is -0.315 e. The van der Waals surface area contributed by atoms with Crippen molar-refractivity contribution in [3.63, 3.8) is 0 Å². The molecule has 0 saturated carbocycles. The van der Waals surface area contributed by atoms with Crippen LogP contribution in [-0.2, 0) is 13.0 Å². The van der Waals surface area contributed by atoms with Crippen molar-refractivity contribution in [2.45, 2.75) is 53.0 Å². The average molecular weight is 358 g/mol. The van der Waals surface area contributed by atoms with Crippen molar-refractivity contribution in [2.24, 2.45) is 0 Å². The zero-order valence-electron chi connectivity index (χ0n) is 15.1. The predicted octanol–water partition coefficient (Wildman–Crippen LogP) is 4.88. The molecule has 0 aliphatic rings. The number of benzene rings is 1. The van der Waals surface area contributed by atoms with E-state index < -0.39 is 0 Å². The second-order valence-electron chi connectivity index (χ2n) is 6.38. The molecule has 0 saturated heterocycles. The Bertz CT molecular complexity index is 938. The number of fused-ring (bicyclic) bond motifs is 1. The highest BCUT2D eigenvalue weighted by molar-refractivity contribution is 6.30. The predicted molar refractivity (Wildman–Crippen MR) is 104 cm³/mol. The Morgan fingerprint density at radius 3 is 2.48 bits per heavy atom. The minimum atomic E-state index is 0.0365. The van der Waals surface area contributed by atoms with Crippen LogP contribution in [0.25, 0.3) is 17.0 Å². The number of unbranched alkanes of at least 4 members (excludes halogenated alkanes) is 2. The van der Waals surface area contributed by atoms with Gasteiger partial charge in [-0.15, -0.1) is 0 Å². The van der Waals surface area contributed by atoms with E-state index in [9.17, 15) is 4.79 Å². The van der Waals surface area contributed by atoms with Crippen molar-refractivity contribution in [1.82, 2.24) is 14.0 Å². The van der Waals surface area contributed by atoms with E-state index in [0.717, 1.165) is 47.7 Å². The molecule has 4 nitrogen and oxygen atoms in total. The first-order valence-electron chi connectivity index (χ1n) is 8.94. The van der Waals surface area contributed by atoms with Crippen LogP contribution in [0.4, 0.5) is 0 Å². The molecule has 0 radical (unpaired) electrons. The summed E-state index contributed by atoms with van der Waals surface area (Å²) in [5.74, 6) is 0.723. The highest BCUT2D eigenvalue weighted by atomic mass is 35.5. The molecule has 0 unspecified atom stereocenters. The molecule has 132 valence electrons. The minimum absolute atomic E-state index is 0.0365. The topological polar surface area (TPSA) is 39.3 Å². The second kappa shape index (κ2) is 7.44. The number of hydrogen-bond donors (Lipinski definition) is 0. The second-order valence-corrected chi connectivity index (χ2v) is 6.82. The van der Waals surface area contributed by atoms with Crippen molar-refractivity contribution >= 4 is 17.4 Å². The molecule has 3 aromatic rings. The van der Waals surface area contributed by atoms with E-state index in [1.165, 1.54) is 12.8 Å². The van der Waals surface area contributed by atoms with E-state index in [1.54, 1.807) is 4.40 Å². The SMILES string of the molecule is CCCCCn1c(C)c(CC)c(=O)n2cc(-c3ccc(Cl)cc3)nc12. The first-order chi connectivity index (χ1) is 12.1. The van der Waals surface area contributed by atoms with Gasteiger partial charge in [-0.25, -0.2) is 4.98 Å². The van der Waals surface area contributed by atoms with Crippen LogP contribution in [0.5, 0.6) is 0 Å². The molecular weight excluding hydrogens is 334 g/mol. The van der Waals surface area contributed by atoms with Crippen LogP contribution in [0.15, 0.2) is 35.3 Å². The van der Waals surface area contributed by atoms with E-state index in [4.69, 9.17) is 16.6 Å². The maximum atomic E-state index is 12.8. The summed E-state index contributed by atoms with van der Waals surface area (Å²) in [7, 11) is 0. The molecule has 0 amide bonds. The smallest absolute Gasteiger partial charge is 0.262 e. The van der Waals surface area contributed by atoms with Gasteiger partial charge in [-0.3, -0.25) is 9.20 Å². The van der Waals surface area contributed by atoms with Crippen LogP contribution in [0.3, 0.4) is 0 Å². The first kappa shape index (κ1) is 17.7. The Hall–Kier alpha value is -2.07. The maximum absolute atomic E-state index is 12.8. The number of aryl methyl sites for hydroxylation is 1. The first-order valence-corrected chi connectivity index (χ1v) is 9.31. The summed E-state index contributed by atoms with van der Waals surface area (Å²) >= 11 is 5.98. The lowest BCUT2D eigenvalue weighted by atomic mass is 10.1. The molecule has 3 rings (SSSR count). The molecule has 0 spiro atoms. The lowest BCUT2D eigenvalue weighted by Gasteiger charge is -2.15. The quantitative estimate of drug-likeness (QED) is 0.590. The number of nitrogens with zero attached hydrogens (tertiary/aromatic N) is 3. The number of imidazole rings is 1. The largest absolute Gasteiger partial charge is 0.315 e. The van der Waals surface area contributed by atoms with E-state index in [-0.39, 0.29) is 5.56 Å². The van der Waals surface area contributed by atoms with Crippen molar-refractivity contribution < 1.29 is 0 Å². The van der Waals surface area contributed by atoms with Crippen LogP contribution >= 0.6 is 11.6 Å². The molecule has 0 aliphatic heterocycles. The molecule has 1 aromatic carbocycles. The van der Waals surface area contributed by atoms with Gasteiger partial charge < -0.3 is 4.57 Å². The highest BCUT2D eigenvalue weighted by Crippen LogP contribution is 2.22. The van der Waals surface area contributed by atoms with Crippen LogP contribution in [0.1, 0.15) is 44.4 Å². The zero-order valence-corrected chi connectivity index (χ0v) is 15.8. The summed E-state index contributed by atoms with van der Waals surface area (Å²) in [6.45, 7) is 7.14. The third-order valence-corrected chi connectivity index (χ3v) is 4.98. The normalized spacial score (nSPS) is 11.4. The van der Waals surface area contributed by atoms with Gasteiger partial charge in [-0.1, -0.05) is 50.4 Å². The van der Waals surface area contributed by atoms with Gasteiger partial charge in [0.25, 0.3) is 5.56 Å². The fourth-order valence-electron chi connectivity index (χ4n) is 3.28. The monoisotopic (exact) mass is 357 g/mol. The summed E-state index contributed by atoms with van der Waals surface area (Å²) < 4.78 is 3.89. The molecule has 5 heteroatoms. The van der Waals surface area contributed by atoms with Gasteiger partial charge in [0.1, 0.15) is 0 Å². The number of hydrogen-bond acceptors (Lipinski definition) is 2. The van der Waals surface area contributed by atoms with Crippen LogP contribution < -0.4 is 5.56 Å². The van der Waals surface area contributed by atoms with Gasteiger partial charge in [0, 0.05) is 34.6 Å². The fourth-order valence-corrected chi connectivity index (χ4v) is 3.40. The van der Waals surface area contributed by atoms with Gasteiger partial charge in [0.05, 0.1) is 5.69 Å². The van der Waals surface area contributed by atoms with Gasteiger partial charge in [-0.2, -0.15) is 0 Å². The molecule has 0 N–H and O–H groups in total. The standard InChI is InChI=1S/C20H24ClN3O/c1-4-6-7-12-23-14(3)17(5-2)19(25)24-13-18(22-20(23)24)15-8-10-16(21)11-9-15/h8-11,13H,4-7,12H2,1-3H3. The average Bonchev–Trinajstić information content (AvgIpc) is 3.04. The van der Waals surface area contributed by atoms with Gasteiger partial charge >= 0.3 is 0 Å². The Labute approximate surface area is 153 Å². The van der Waals surface area contributed by atoms with E-state index in [0.29, 0.717) is 5.02 Å². The van der Waals surface area contributed by atoms with Crippen LogP contribution in [0.2, 0.25) is 5.02 Å². The lowest BCUT2D eigenvalue weighted by molar-refractivity contribution is 0.586. The van der Waals surface area contributed by atoms with Crippen molar-refractivity contribution in [3.05, 3.63) is 57.1 Å². The fraction of sp³-hybridized carbons (Fsp3) is 0.400. The summed E-state index contributed by atoms with van der Waals surface area (Å²) in [6, 6.07) is 7.56. The molecule has 2 heterocycles. The Morgan fingerprint density at radius 2 is 1.84 bits per heavy atom. The zero-order chi connectivity index (χ0) is 18.0. The third kappa shape index (κ3) is 3.36. The van der Waals surface area contributed by atoms with Crippen LogP contribution in [-0.4, -0.2) is 14.0 Å². The maximum Gasteiger partial charge on any atom is 0.262 e. The van der Waals surface area contributed by atoms with Gasteiger partial charge in [0.15, 0.2) is 0 Å². The summed E-state index contributed by atoms with van der Waals surface area (Å²) in [6.07, 6.45) is 5.99. The molecule has 0 aliphatic carbocycles. The highest BCUT2D eigenvalue weighted by Gasteiger charge is 2.16. The van der Waals surface area contributed by atoms with E-state index in [2.05, 4.69) is 11.5 Å². The van der Waals surface area contributed by atoms with E-state index in [1.807, 2.05) is 44.3 Å². The summed E-state index contributed by atoms with van der Waals surface area (Å²) in [5, 5.41) is 0.691. The Balaban J connectivity index is 2.18. The van der Waals surface area contributed by atoms with Crippen molar-refractivity contribution in [2.75, 3.05) is 0 Å². The number of aromatic nitrogens is 3. The number of halogens is 1. The van der Waals surface area contributed by atoms with Crippen molar-refractivity contribution in [3.8, 4) is 11.3 Å². The van der Waals surface area contributed by atoms with Gasteiger partial charge in [0.2, 0.25) is 5.78 Å². The third-order valence-electron chi connectivity index (χ3n) is 4.73. The molecule has 0 bridgehead atoms.